The lowest BCUT2D eigenvalue weighted by molar-refractivity contribution is -0.128. The van der Waals surface area contributed by atoms with Gasteiger partial charge in [-0.3, -0.25) is 4.79 Å². The molecule has 0 radical (unpaired) electrons. The van der Waals surface area contributed by atoms with Crippen molar-refractivity contribution < 1.29 is 9.32 Å². The van der Waals surface area contributed by atoms with Crippen molar-refractivity contribution in [3.63, 3.8) is 0 Å². The number of likely N-dealkylation sites (tertiary alicyclic amines) is 1. The third kappa shape index (κ3) is 1.70. The summed E-state index contributed by atoms with van der Waals surface area (Å²) in [6, 6.07) is 1.72. The Bertz CT molecular complexity index is 296. The van der Waals surface area contributed by atoms with Gasteiger partial charge in [0.2, 0.25) is 5.91 Å². The van der Waals surface area contributed by atoms with Crippen LogP contribution < -0.4 is 5.73 Å². The molecule has 5 nitrogen and oxygen atoms in total. The Kier molecular flexibility index (Phi) is 2.02. The van der Waals surface area contributed by atoms with E-state index in [1.807, 2.05) is 0 Å². The second-order valence-electron chi connectivity index (χ2n) is 3.22. The predicted molar refractivity (Wildman–Crippen MR) is 44.5 cm³/mol. The Morgan fingerprint density at radius 1 is 1.77 bits per heavy atom. The molecule has 0 aliphatic carbocycles. The Morgan fingerprint density at radius 3 is 3.15 bits per heavy atom. The molecule has 2 N–H and O–H groups in total. The fourth-order valence-corrected chi connectivity index (χ4v) is 1.47. The minimum absolute atomic E-state index is 0.0320. The summed E-state index contributed by atoms with van der Waals surface area (Å²) in [4.78, 5) is 13.0. The average molecular weight is 181 g/mol. The molecule has 1 amide bonds. The van der Waals surface area contributed by atoms with E-state index < -0.39 is 0 Å². The van der Waals surface area contributed by atoms with E-state index in [1.165, 1.54) is 0 Å². The summed E-state index contributed by atoms with van der Waals surface area (Å²) in [5, 5.41) is 3.56. The van der Waals surface area contributed by atoms with E-state index in [1.54, 1.807) is 17.2 Å². The van der Waals surface area contributed by atoms with Gasteiger partial charge in [-0.15, -0.1) is 0 Å². The molecule has 1 aliphatic rings. The number of nitrogens with two attached hydrogens (primary N) is 1. The molecule has 1 atom stereocenters. The third-order valence-corrected chi connectivity index (χ3v) is 2.08. The van der Waals surface area contributed by atoms with Crippen molar-refractivity contribution in [1.29, 1.82) is 0 Å². The standard InChI is InChI=1S/C8H11N3O2/c9-6-3-8(12)11(4-6)5-7-1-2-10-13-7/h1-2,6H,3-5,9H2. The minimum Gasteiger partial charge on any atom is -0.360 e. The molecule has 1 fully saturated rings. The van der Waals surface area contributed by atoms with Crippen molar-refractivity contribution in [2.75, 3.05) is 6.54 Å². The van der Waals surface area contributed by atoms with Crippen molar-refractivity contribution in [2.24, 2.45) is 5.73 Å². The van der Waals surface area contributed by atoms with Crippen LogP contribution in [0.15, 0.2) is 16.8 Å². The molecule has 1 aromatic rings. The van der Waals surface area contributed by atoms with Crippen LogP contribution in [0.3, 0.4) is 0 Å². The smallest absolute Gasteiger partial charge is 0.224 e. The Labute approximate surface area is 75.5 Å². The molecule has 1 saturated heterocycles. The number of hydrogen-bond acceptors (Lipinski definition) is 4. The highest BCUT2D eigenvalue weighted by molar-refractivity contribution is 5.79. The van der Waals surface area contributed by atoms with Crippen LogP contribution in [-0.2, 0) is 11.3 Å². The van der Waals surface area contributed by atoms with Crippen LogP contribution in [0.1, 0.15) is 12.2 Å². The van der Waals surface area contributed by atoms with Gasteiger partial charge in [0.15, 0.2) is 5.76 Å². The summed E-state index contributed by atoms with van der Waals surface area (Å²) in [7, 11) is 0. The van der Waals surface area contributed by atoms with Crippen molar-refractivity contribution in [1.82, 2.24) is 10.1 Å². The van der Waals surface area contributed by atoms with E-state index in [2.05, 4.69) is 5.16 Å². The molecule has 70 valence electrons. The number of amides is 1. The van der Waals surface area contributed by atoms with E-state index in [4.69, 9.17) is 10.3 Å². The van der Waals surface area contributed by atoms with Crippen LogP contribution in [0.25, 0.3) is 0 Å². The fraction of sp³-hybridized carbons (Fsp3) is 0.500. The highest BCUT2D eigenvalue weighted by Crippen LogP contribution is 2.12. The highest BCUT2D eigenvalue weighted by atomic mass is 16.5. The molecule has 1 unspecified atom stereocenters. The number of nitrogens with zero attached hydrogens (tertiary/aromatic N) is 2. The molecular formula is C8H11N3O2. The summed E-state index contributed by atoms with van der Waals surface area (Å²) in [6.07, 6.45) is 2.00. The summed E-state index contributed by atoms with van der Waals surface area (Å²) < 4.78 is 4.89. The van der Waals surface area contributed by atoms with E-state index in [0.717, 1.165) is 0 Å². The van der Waals surface area contributed by atoms with Crippen molar-refractivity contribution in [2.45, 2.75) is 19.0 Å². The SMILES string of the molecule is NC1CC(=O)N(Cc2ccno2)C1. The number of aromatic nitrogens is 1. The second-order valence-corrected chi connectivity index (χ2v) is 3.22. The lowest BCUT2D eigenvalue weighted by Gasteiger charge is -2.12. The van der Waals surface area contributed by atoms with Gasteiger partial charge in [-0.1, -0.05) is 5.16 Å². The second kappa shape index (κ2) is 3.18. The Morgan fingerprint density at radius 2 is 2.62 bits per heavy atom. The first-order chi connectivity index (χ1) is 6.25. The highest BCUT2D eigenvalue weighted by Gasteiger charge is 2.27. The zero-order valence-corrected chi connectivity index (χ0v) is 7.14. The maximum Gasteiger partial charge on any atom is 0.224 e. The molecule has 0 spiro atoms. The van der Waals surface area contributed by atoms with Crippen molar-refractivity contribution >= 4 is 5.91 Å². The molecule has 2 heterocycles. The van der Waals surface area contributed by atoms with Gasteiger partial charge in [0.05, 0.1) is 12.7 Å². The van der Waals surface area contributed by atoms with Crippen LogP contribution in [0, 0.1) is 0 Å². The summed E-state index contributed by atoms with van der Waals surface area (Å²) >= 11 is 0. The van der Waals surface area contributed by atoms with Crippen molar-refractivity contribution in [3.8, 4) is 0 Å². The molecular weight excluding hydrogens is 170 g/mol. The van der Waals surface area contributed by atoms with Crippen LogP contribution >= 0.6 is 0 Å². The lowest BCUT2D eigenvalue weighted by atomic mass is 10.3. The first-order valence-electron chi connectivity index (χ1n) is 4.18. The Hall–Kier alpha value is -1.36. The van der Waals surface area contributed by atoms with Gasteiger partial charge in [0.25, 0.3) is 0 Å². The maximum absolute atomic E-state index is 11.3. The van der Waals surface area contributed by atoms with E-state index in [9.17, 15) is 4.79 Å². The average Bonchev–Trinajstić information content (AvgIpc) is 2.63. The van der Waals surface area contributed by atoms with Gasteiger partial charge in [0.1, 0.15) is 0 Å². The van der Waals surface area contributed by atoms with E-state index in [0.29, 0.717) is 25.3 Å². The first kappa shape index (κ1) is 8.25. The lowest BCUT2D eigenvalue weighted by Crippen LogP contribution is -2.27. The molecule has 1 aliphatic heterocycles. The summed E-state index contributed by atoms with van der Waals surface area (Å²) in [5.41, 5.74) is 5.64. The van der Waals surface area contributed by atoms with Crippen molar-refractivity contribution in [3.05, 3.63) is 18.0 Å². The number of hydrogen-bond donors (Lipinski definition) is 1. The summed E-state index contributed by atoms with van der Waals surface area (Å²) in [5.74, 6) is 0.784. The molecule has 0 saturated carbocycles. The van der Waals surface area contributed by atoms with Gasteiger partial charge in [-0.2, -0.15) is 0 Å². The Balaban J connectivity index is 1.99. The van der Waals surface area contributed by atoms with Crippen LogP contribution in [0.4, 0.5) is 0 Å². The quantitative estimate of drug-likeness (QED) is 0.682. The van der Waals surface area contributed by atoms with Gasteiger partial charge in [0, 0.05) is 25.1 Å². The molecule has 0 aromatic carbocycles. The topological polar surface area (TPSA) is 72.4 Å². The third-order valence-electron chi connectivity index (χ3n) is 2.08. The monoisotopic (exact) mass is 181 g/mol. The fourth-order valence-electron chi connectivity index (χ4n) is 1.47. The molecule has 5 heteroatoms. The molecule has 2 rings (SSSR count). The van der Waals surface area contributed by atoms with Gasteiger partial charge < -0.3 is 15.2 Å². The molecule has 1 aromatic heterocycles. The molecule has 0 bridgehead atoms. The van der Waals surface area contributed by atoms with Crippen LogP contribution in [-0.4, -0.2) is 28.6 Å². The van der Waals surface area contributed by atoms with Gasteiger partial charge in [-0.05, 0) is 0 Å². The zero-order chi connectivity index (χ0) is 9.26. The number of rotatable bonds is 2. The van der Waals surface area contributed by atoms with Crippen LogP contribution in [0.2, 0.25) is 0 Å². The minimum atomic E-state index is -0.0320. The first-order valence-corrected chi connectivity index (χ1v) is 4.18. The van der Waals surface area contributed by atoms with Gasteiger partial charge >= 0.3 is 0 Å². The number of carbonyl (C=O) groups is 1. The number of carbonyl (C=O) groups excluding carboxylic acids is 1. The maximum atomic E-state index is 11.3. The normalized spacial score (nSPS) is 22.7. The van der Waals surface area contributed by atoms with E-state index >= 15 is 0 Å². The van der Waals surface area contributed by atoms with E-state index in [-0.39, 0.29) is 11.9 Å². The van der Waals surface area contributed by atoms with Gasteiger partial charge in [-0.25, -0.2) is 0 Å². The predicted octanol–water partition coefficient (Wildman–Crippen LogP) is -0.266. The zero-order valence-electron chi connectivity index (χ0n) is 7.14. The van der Waals surface area contributed by atoms with Crippen LogP contribution in [0.5, 0.6) is 0 Å². The largest absolute Gasteiger partial charge is 0.360 e. The summed E-state index contributed by atoms with van der Waals surface area (Å²) in [6.45, 7) is 1.09. The molecule has 13 heavy (non-hydrogen) atoms.